The smallest absolute Gasteiger partial charge is 0.273 e. The van der Waals surface area contributed by atoms with Crippen molar-refractivity contribution in [3.63, 3.8) is 0 Å². The first kappa shape index (κ1) is 15.0. The Bertz CT molecular complexity index is 836. The molecule has 0 aliphatic carbocycles. The number of benzene rings is 1. The fraction of sp³-hybridized carbons (Fsp3) is 0.188. The number of carbonyl (C=O) groups is 1. The molecule has 0 atom stereocenters. The summed E-state index contributed by atoms with van der Waals surface area (Å²) < 4.78 is 19.8. The molecule has 1 amide bonds. The highest BCUT2D eigenvalue weighted by Crippen LogP contribution is 2.20. The molecule has 23 heavy (non-hydrogen) atoms. The van der Waals surface area contributed by atoms with E-state index >= 15 is 0 Å². The van der Waals surface area contributed by atoms with Gasteiger partial charge in [0.25, 0.3) is 5.91 Å². The van der Waals surface area contributed by atoms with Gasteiger partial charge in [0.1, 0.15) is 5.82 Å². The number of nitrogens with zero attached hydrogens (tertiary/aromatic N) is 3. The predicted octanol–water partition coefficient (Wildman–Crippen LogP) is 2.45. The molecule has 6 nitrogen and oxygen atoms in total. The van der Waals surface area contributed by atoms with Crippen molar-refractivity contribution in [1.82, 2.24) is 20.3 Å². The first-order chi connectivity index (χ1) is 11.0. The van der Waals surface area contributed by atoms with Crippen molar-refractivity contribution in [2.75, 3.05) is 0 Å². The molecule has 118 valence electrons. The monoisotopic (exact) mass is 314 g/mol. The molecule has 3 rings (SSSR count). The second-order valence-electron chi connectivity index (χ2n) is 5.18. The van der Waals surface area contributed by atoms with Gasteiger partial charge in [-0.2, -0.15) is 5.10 Å². The Morgan fingerprint density at radius 3 is 2.74 bits per heavy atom. The highest BCUT2D eigenvalue weighted by atomic mass is 19.1. The zero-order chi connectivity index (χ0) is 16.4. The summed E-state index contributed by atoms with van der Waals surface area (Å²) in [5.74, 6) is -0.267. The first-order valence-corrected chi connectivity index (χ1v) is 7.03. The molecule has 1 aromatic carbocycles. The zero-order valence-corrected chi connectivity index (χ0v) is 12.7. The molecule has 0 fully saturated rings. The Morgan fingerprint density at radius 2 is 2.09 bits per heavy atom. The van der Waals surface area contributed by atoms with Gasteiger partial charge in [-0.15, -0.1) is 0 Å². The number of nitrogens with one attached hydrogen (secondary N) is 1. The molecule has 0 unspecified atom stereocenters. The van der Waals surface area contributed by atoms with Crippen LogP contribution < -0.4 is 5.32 Å². The van der Waals surface area contributed by atoms with E-state index < -0.39 is 0 Å². The molecule has 0 saturated carbocycles. The van der Waals surface area contributed by atoms with Gasteiger partial charge in [0.05, 0.1) is 5.69 Å². The predicted molar refractivity (Wildman–Crippen MR) is 81.0 cm³/mol. The van der Waals surface area contributed by atoms with Crippen LogP contribution in [0.4, 0.5) is 4.39 Å². The Morgan fingerprint density at radius 1 is 1.35 bits per heavy atom. The molecule has 0 radical (unpaired) electrons. The van der Waals surface area contributed by atoms with Crippen molar-refractivity contribution >= 4 is 5.91 Å². The van der Waals surface area contributed by atoms with Crippen molar-refractivity contribution in [2.45, 2.75) is 13.5 Å². The van der Waals surface area contributed by atoms with Gasteiger partial charge in [-0.3, -0.25) is 9.48 Å². The van der Waals surface area contributed by atoms with Crippen LogP contribution in [0.25, 0.3) is 11.3 Å². The maximum absolute atomic E-state index is 12.9. The Kier molecular flexibility index (Phi) is 3.92. The van der Waals surface area contributed by atoms with Gasteiger partial charge in [-0.25, -0.2) is 4.39 Å². The summed E-state index contributed by atoms with van der Waals surface area (Å²) in [6, 6.07) is 7.30. The number of aromatic nitrogens is 3. The topological polar surface area (TPSA) is 73.0 Å². The Labute approximate surface area is 131 Å². The summed E-state index contributed by atoms with van der Waals surface area (Å²) >= 11 is 0. The lowest BCUT2D eigenvalue weighted by Crippen LogP contribution is -2.23. The molecule has 7 heteroatoms. The standard InChI is InChI=1S/C16H15FN4O2/c1-10-12(9-21(2)19-10)8-18-16(22)14-7-15(23-20-14)11-3-5-13(17)6-4-11/h3-7,9H,8H2,1-2H3,(H,18,22). The summed E-state index contributed by atoms with van der Waals surface area (Å²) in [4.78, 5) is 12.1. The lowest BCUT2D eigenvalue weighted by Gasteiger charge is -2.00. The third-order valence-corrected chi connectivity index (χ3v) is 3.43. The van der Waals surface area contributed by atoms with E-state index in [4.69, 9.17) is 4.52 Å². The minimum atomic E-state index is -0.342. The van der Waals surface area contributed by atoms with E-state index in [1.807, 2.05) is 20.2 Å². The maximum atomic E-state index is 12.9. The zero-order valence-electron chi connectivity index (χ0n) is 12.7. The van der Waals surface area contributed by atoms with Crippen LogP contribution in [0.15, 0.2) is 41.1 Å². The van der Waals surface area contributed by atoms with Crippen molar-refractivity contribution in [3.05, 3.63) is 59.3 Å². The number of rotatable bonds is 4. The second kappa shape index (κ2) is 6.04. The summed E-state index contributed by atoms with van der Waals surface area (Å²) in [5.41, 5.74) is 2.62. The number of hydrogen-bond acceptors (Lipinski definition) is 4. The SMILES string of the molecule is Cc1nn(C)cc1CNC(=O)c1cc(-c2ccc(F)cc2)on1. The van der Waals surface area contributed by atoms with E-state index in [1.165, 1.54) is 18.2 Å². The number of amides is 1. The average Bonchev–Trinajstić information content (AvgIpc) is 3.12. The molecular weight excluding hydrogens is 299 g/mol. The normalized spacial score (nSPS) is 10.7. The van der Waals surface area contributed by atoms with Crippen LogP contribution in [0.5, 0.6) is 0 Å². The van der Waals surface area contributed by atoms with Crippen molar-refractivity contribution in [2.24, 2.45) is 7.05 Å². The summed E-state index contributed by atoms with van der Waals surface area (Å²) in [7, 11) is 1.82. The molecule has 0 aliphatic heterocycles. The van der Waals surface area contributed by atoms with E-state index in [2.05, 4.69) is 15.6 Å². The van der Waals surface area contributed by atoms with Crippen LogP contribution in [-0.2, 0) is 13.6 Å². The van der Waals surface area contributed by atoms with E-state index in [1.54, 1.807) is 16.8 Å². The van der Waals surface area contributed by atoms with Crippen LogP contribution >= 0.6 is 0 Å². The quantitative estimate of drug-likeness (QED) is 0.803. The Hall–Kier alpha value is -2.96. The van der Waals surface area contributed by atoms with Crippen LogP contribution in [0.1, 0.15) is 21.7 Å². The van der Waals surface area contributed by atoms with E-state index in [9.17, 15) is 9.18 Å². The average molecular weight is 314 g/mol. The number of aryl methyl sites for hydroxylation is 2. The van der Waals surface area contributed by atoms with Gasteiger partial charge in [-0.1, -0.05) is 5.16 Å². The molecule has 0 aliphatic rings. The van der Waals surface area contributed by atoms with Crippen molar-refractivity contribution in [3.8, 4) is 11.3 Å². The molecular formula is C16H15FN4O2. The molecule has 1 N–H and O–H groups in total. The third-order valence-electron chi connectivity index (χ3n) is 3.43. The van der Waals surface area contributed by atoms with Gasteiger partial charge in [-0.05, 0) is 31.2 Å². The lowest BCUT2D eigenvalue weighted by molar-refractivity contribution is 0.0942. The van der Waals surface area contributed by atoms with Crippen LogP contribution in [0.3, 0.4) is 0 Å². The van der Waals surface area contributed by atoms with Gasteiger partial charge < -0.3 is 9.84 Å². The van der Waals surface area contributed by atoms with Gasteiger partial charge >= 0.3 is 0 Å². The van der Waals surface area contributed by atoms with Gasteiger partial charge in [0.15, 0.2) is 11.5 Å². The summed E-state index contributed by atoms with van der Waals surface area (Å²) in [6.07, 6.45) is 1.85. The molecule has 0 spiro atoms. The van der Waals surface area contributed by atoms with Gasteiger partial charge in [0.2, 0.25) is 0 Å². The van der Waals surface area contributed by atoms with E-state index in [0.717, 1.165) is 11.3 Å². The number of halogens is 1. The first-order valence-electron chi connectivity index (χ1n) is 7.03. The minimum absolute atomic E-state index is 0.172. The third kappa shape index (κ3) is 3.28. The van der Waals surface area contributed by atoms with Crippen LogP contribution in [0.2, 0.25) is 0 Å². The Balaban J connectivity index is 1.69. The summed E-state index contributed by atoms with van der Waals surface area (Å²) in [6.45, 7) is 2.24. The van der Waals surface area contributed by atoms with Crippen LogP contribution in [-0.4, -0.2) is 20.8 Å². The second-order valence-corrected chi connectivity index (χ2v) is 5.18. The van der Waals surface area contributed by atoms with Gasteiger partial charge in [0, 0.05) is 37.0 Å². The summed E-state index contributed by atoms with van der Waals surface area (Å²) in [5, 5.41) is 10.7. The fourth-order valence-corrected chi connectivity index (χ4v) is 2.22. The van der Waals surface area contributed by atoms with E-state index in [0.29, 0.717) is 17.9 Å². The maximum Gasteiger partial charge on any atom is 0.273 e. The van der Waals surface area contributed by atoms with Crippen molar-refractivity contribution in [1.29, 1.82) is 0 Å². The highest BCUT2D eigenvalue weighted by molar-refractivity contribution is 5.93. The molecule has 2 aromatic heterocycles. The van der Waals surface area contributed by atoms with Crippen LogP contribution in [0, 0.1) is 12.7 Å². The fourth-order valence-electron chi connectivity index (χ4n) is 2.22. The lowest BCUT2D eigenvalue weighted by atomic mass is 10.1. The van der Waals surface area contributed by atoms with Crippen molar-refractivity contribution < 1.29 is 13.7 Å². The highest BCUT2D eigenvalue weighted by Gasteiger charge is 2.14. The largest absolute Gasteiger partial charge is 0.355 e. The van der Waals surface area contributed by atoms with E-state index in [-0.39, 0.29) is 17.4 Å². The molecule has 0 saturated heterocycles. The number of hydrogen-bond donors (Lipinski definition) is 1. The molecule has 3 aromatic rings. The molecule has 2 heterocycles. The minimum Gasteiger partial charge on any atom is -0.355 e. The molecule has 0 bridgehead atoms. The number of carbonyl (C=O) groups excluding carboxylic acids is 1.